The Bertz CT molecular complexity index is 1710. The summed E-state index contributed by atoms with van der Waals surface area (Å²) in [5.41, 5.74) is 10.1. The van der Waals surface area contributed by atoms with Crippen molar-refractivity contribution in [2.24, 2.45) is 5.73 Å². The molecule has 0 saturated carbocycles. The largest absolute Gasteiger partial charge is 0.459 e. The molecule has 0 spiro atoms. The Balaban J connectivity index is 1.41. The van der Waals surface area contributed by atoms with Gasteiger partial charge in [-0.15, -0.1) is 0 Å². The van der Waals surface area contributed by atoms with Crippen molar-refractivity contribution in [1.29, 1.82) is 0 Å². The average molecular weight is 582 g/mol. The number of benzene rings is 3. The molecule has 0 aliphatic rings. The fourth-order valence-electron chi connectivity index (χ4n) is 5.03. The van der Waals surface area contributed by atoms with Crippen LogP contribution in [0.5, 0.6) is 0 Å². The molecule has 2 amide bonds. The molecule has 3 aromatic carbocycles. The van der Waals surface area contributed by atoms with E-state index in [1.165, 1.54) is 6.92 Å². The summed E-state index contributed by atoms with van der Waals surface area (Å²) < 4.78 is 5.64. The maximum atomic E-state index is 13.9. The number of hydrogen-bond acceptors (Lipinski definition) is 6. The predicted molar refractivity (Wildman–Crippen MR) is 164 cm³/mol. The van der Waals surface area contributed by atoms with E-state index >= 15 is 0 Å². The highest BCUT2D eigenvalue weighted by Crippen LogP contribution is 2.21. The molecule has 0 unspecified atom stereocenters. The van der Waals surface area contributed by atoms with Gasteiger partial charge in [0.05, 0.1) is 6.10 Å². The summed E-state index contributed by atoms with van der Waals surface area (Å²) in [4.78, 5) is 46.6. The van der Waals surface area contributed by atoms with Crippen LogP contribution >= 0.6 is 0 Å². The van der Waals surface area contributed by atoms with E-state index in [9.17, 15) is 19.5 Å². The number of carbonyl (C=O) groups excluding carboxylic acids is 3. The van der Waals surface area contributed by atoms with Crippen LogP contribution in [0.1, 0.15) is 23.6 Å². The second-order valence-corrected chi connectivity index (χ2v) is 10.6. The van der Waals surface area contributed by atoms with Gasteiger partial charge in [-0.1, -0.05) is 66.7 Å². The monoisotopic (exact) mass is 581 g/mol. The number of rotatable bonds is 12. The number of hydrogen-bond donors (Lipinski definition) is 6. The molecule has 2 heterocycles. The number of H-pyrrole nitrogens is 2. The van der Waals surface area contributed by atoms with Crippen LogP contribution in [0.4, 0.5) is 0 Å². The summed E-state index contributed by atoms with van der Waals surface area (Å²) >= 11 is 0. The van der Waals surface area contributed by atoms with Crippen molar-refractivity contribution in [1.82, 2.24) is 20.6 Å². The van der Waals surface area contributed by atoms with Gasteiger partial charge in [-0.2, -0.15) is 0 Å². The number of amides is 2. The van der Waals surface area contributed by atoms with Crippen molar-refractivity contribution < 1.29 is 24.2 Å². The molecule has 0 bridgehead atoms. The molecule has 10 nitrogen and oxygen atoms in total. The van der Waals surface area contributed by atoms with Gasteiger partial charge < -0.3 is 36.2 Å². The van der Waals surface area contributed by atoms with Crippen molar-refractivity contribution in [2.45, 2.75) is 50.6 Å². The van der Waals surface area contributed by atoms with Gasteiger partial charge in [-0.25, -0.2) is 4.79 Å². The first-order valence-electron chi connectivity index (χ1n) is 14.1. The number of esters is 1. The lowest BCUT2D eigenvalue weighted by Gasteiger charge is -2.24. The van der Waals surface area contributed by atoms with Gasteiger partial charge in [0, 0.05) is 47.0 Å². The number of aromatic amines is 2. The van der Waals surface area contributed by atoms with E-state index in [1.54, 1.807) is 12.4 Å². The van der Waals surface area contributed by atoms with E-state index in [-0.39, 0.29) is 19.4 Å². The highest BCUT2D eigenvalue weighted by atomic mass is 16.5. The second kappa shape index (κ2) is 13.4. The minimum atomic E-state index is -1.24. The van der Waals surface area contributed by atoms with Gasteiger partial charge >= 0.3 is 5.97 Å². The highest BCUT2D eigenvalue weighted by Gasteiger charge is 2.31. The Labute approximate surface area is 248 Å². The molecule has 5 rings (SSSR count). The van der Waals surface area contributed by atoms with E-state index < -0.39 is 42.0 Å². The van der Waals surface area contributed by atoms with Crippen molar-refractivity contribution >= 4 is 39.6 Å². The Morgan fingerprint density at radius 1 is 0.767 bits per heavy atom. The van der Waals surface area contributed by atoms with Crippen LogP contribution < -0.4 is 16.4 Å². The first-order chi connectivity index (χ1) is 20.8. The lowest BCUT2D eigenvalue weighted by molar-refractivity contribution is -0.149. The van der Waals surface area contributed by atoms with Crippen LogP contribution in [-0.2, 0) is 38.6 Å². The Hall–Kier alpha value is -4.93. The smallest absolute Gasteiger partial charge is 0.329 e. The van der Waals surface area contributed by atoms with E-state index in [2.05, 4.69) is 20.6 Å². The number of fused-ring (bicyclic) bond motifs is 2. The van der Waals surface area contributed by atoms with E-state index in [4.69, 9.17) is 10.5 Å². The quantitative estimate of drug-likeness (QED) is 0.124. The van der Waals surface area contributed by atoms with Gasteiger partial charge in [-0.3, -0.25) is 9.59 Å². The summed E-state index contributed by atoms with van der Waals surface area (Å²) in [5.74, 6) is -1.88. The molecule has 0 saturated heterocycles. The maximum absolute atomic E-state index is 13.9. The predicted octanol–water partition coefficient (Wildman–Crippen LogP) is 2.86. The normalized spacial score (nSPS) is 14.1. The zero-order chi connectivity index (χ0) is 30.3. The molecule has 43 heavy (non-hydrogen) atoms. The minimum absolute atomic E-state index is 0.0404. The van der Waals surface area contributed by atoms with Crippen molar-refractivity contribution in [2.75, 3.05) is 0 Å². The van der Waals surface area contributed by atoms with E-state index in [0.717, 1.165) is 38.5 Å². The van der Waals surface area contributed by atoms with Gasteiger partial charge in [-0.05, 0) is 35.7 Å². The third kappa shape index (κ3) is 7.11. The molecule has 0 radical (unpaired) electrons. The average Bonchev–Trinajstić information content (AvgIpc) is 3.63. The number of para-hydroxylation sites is 2. The first-order valence-corrected chi connectivity index (χ1v) is 14.1. The molecule has 10 heteroatoms. The van der Waals surface area contributed by atoms with Gasteiger partial charge in [0.15, 0.2) is 0 Å². The molecule has 0 aliphatic heterocycles. The number of aliphatic hydroxyl groups is 1. The zero-order valence-corrected chi connectivity index (χ0v) is 23.7. The number of aromatic nitrogens is 2. The van der Waals surface area contributed by atoms with Crippen LogP contribution in [0.2, 0.25) is 0 Å². The van der Waals surface area contributed by atoms with Crippen LogP contribution in [0.25, 0.3) is 21.8 Å². The van der Waals surface area contributed by atoms with Crippen LogP contribution in [-0.4, -0.2) is 57.1 Å². The molecule has 2 aromatic heterocycles. The van der Waals surface area contributed by atoms with E-state index in [1.807, 2.05) is 78.9 Å². The maximum Gasteiger partial charge on any atom is 0.329 e. The van der Waals surface area contributed by atoms with Crippen LogP contribution in [0, 0.1) is 0 Å². The number of nitrogens with two attached hydrogens (primary N) is 1. The van der Waals surface area contributed by atoms with Crippen molar-refractivity contribution in [3.8, 4) is 0 Å². The first kappa shape index (κ1) is 29.6. The second-order valence-electron chi connectivity index (χ2n) is 10.6. The van der Waals surface area contributed by atoms with Gasteiger partial charge in [0.25, 0.3) is 0 Å². The number of nitrogens with one attached hydrogen (secondary N) is 4. The lowest BCUT2D eigenvalue weighted by atomic mass is 10.0. The third-order valence-electron chi connectivity index (χ3n) is 7.48. The highest BCUT2D eigenvalue weighted by molar-refractivity contribution is 5.94. The molecule has 4 atom stereocenters. The summed E-state index contributed by atoms with van der Waals surface area (Å²) in [6, 6.07) is 21.2. The summed E-state index contributed by atoms with van der Waals surface area (Å²) in [6.07, 6.45) is 2.74. The number of ether oxygens (including phenoxy) is 1. The molecule has 0 fully saturated rings. The summed E-state index contributed by atoms with van der Waals surface area (Å²) in [6.45, 7) is 1.44. The Morgan fingerprint density at radius 3 is 1.86 bits per heavy atom. The molecule has 222 valence electrons. The fourth-order valence-corrected chi connectivity index (χ4v) is 5.03. The van der Waals surface area contributed by atoms with Crippen LogP contribution in [0.3, 0.4) is 0 Å². The number of aliphatic hydroxyl groups excluding tert-OH is 1. The van der Waals surface area contributed by atoms with Gasteiger partial charge in [0.2, 0.25) is 11.8 Å². The summed E-state index contributed by atoms with van der Waals surface area (Å²) in [7, 11) is 0. The van der Waals surface area contributed by atoms with Crippen molar-refractivity contribution in [3.05, 3.63) is 108 Å². The Morgan fingerprint density at radius 2 is 1.28 bits per heavy atom. The molecule has 5 aromatic rings. The lowest BCUT2D eigenvalue weighted by Crippen LogP contribution is -2.57. The third-order valence-corrected chi connectivity index (χ3v) is 7.48. The zero-order valence-electron chi connectivity index (χ0n) is 23.7. The minimum Gasteiger partial charge on any atom is -0.459 e. The summed E-state index contributed by atoms with van der Waals surface area (Å²) in [5, 5.41) is 17.2. The molecular formula is C33H35N5O5. The van der Waals surface area contributed by atoms with Crippen molar-refractivity contribution in [3.63, 3.8) is 0 Å². The topological polar surface area (TPSA) is 162 Å². The molecule has 0 aliphatic carbocycles. The van der Waals surface area contributed by atoms with E-state index in [0.29, 0.717) is 0 Å². The Kier molecular flexibility index (Phi) is 9.19. The molecule has 7 N–H and O–H groups in total. The fraction of sp³-hybridized carbons (Fsp3) is 0.242. The standard InChI is InChI=1S/C33H35N5O5/c1-20(39)30(34)32(41)37-28(15-22-17-35-26-13-7-5-11-24(22)26)31(40)38-29(33(42)43-19-21-9-3-2-4-10-21)16-23-18-36-27-14-8-6-12-25(23)27/h2-14,17-18,20,28-30,35-36,39H,15-16,19,34H2,1H3,(H,37,41)(H,38,40)/t20-,28+,29+,30+/m1/s1. The van der Waals surface area contributed by atoms with Crippen LogP contribution in [0.15, 0.2) is 91.3 Å². The van der Waals surface area contributed by atoms with Gasteiger partial charge in [0.1, 0.15) is 24.7 Å². The SMILES string of the molecule is C[C@@H](O)[C@H](N)C(=O)N[C@@H](Cc1c[nH]c2ccccc12)C(=O)N[C@@H](Cc1c[nH]c2ccccc12)C(=O)OCc1ccccc1. The number of carbonyl (C=O) groups is 3. The molecular weight excluding hydrogens is 546 g/mol.